The Kier molecular flexibility index (Phi) is 3.85. The smallest absolute Gasteiger partial charge is 0.267 e. The van der Waals surface area contributed by atoms with E-state index in [1.54, 1.807) is 6.20 Å². The molecular formula is C20H18N4OS. The number of carbonyl (C=O) groups excluding carboxylic acids is 1. The Morgan fingerprint density at radius 1 is 1.15 bits per heavy atom. The molecule has 1 amide bonds. The lowest BCUT2D eigenvalue weighted by molar-refractivity contribution is 0.103. The van der Waals surface area contributed by atoms with E-state index in [1.807, 2.05) is 51.1 Å². The number of nitrogens with two attached hydrogens (primary N) is 1. The Bertz CT molecular complexity index is 1180. The molecule has 0 spiro atoms. The molecule has 130 valence electrons. The summed E-state index contributed by atoms with van der Waals surface area (Å²) >= 11 is 1.32. The van der Waals surface area contributed by atoms with Gasteiger partial charge in [-0.25, -0.2) is 4.98 Å². The highest BCUT2D eigenvalue weighted by Crippen LogP contribution is 2.36. The van der Waals surface area contributed by atoms with Gasteiger partial charge < -0.3 is 11.1 Å². The van der Waals surface area contributed by atoms with Crippen molar-refractivity contribution in [3.63, 3.8) is 0 Å². The second-order valence-electron chi connectivity index (χ2n) is 6.34. The van der Waals surface area contributed by atoms with E-state index in [4.69, 9.17) is 5.73 Å². The van der Waals surface area contributed by atoms with Crippen LogP contribution in [0.2, 0.25) is 0 Å². The number of thiophene rings is 1. The number of hydrogen-bond acceptors (Lipinski definition) is 5. The summed E-state index contributed by atoms with van der Waals surface area (Å²) in [6.45, 7) is 6.01. The second kappa shape index (κ2) is 6.07. The molecule has 0 aliphatic heterocycles. The minimum Gasteiger partial charge on any atom is -0.397 e. The van der Waals surface area contributed by atoms with E-state index in [0.29, 0.717) is 16.3 Å². The Morgan fingerprint density at radius 2 is 1.92 bits per heavy atom. The first-order valence-electron chi connectivity index (χ1n) is 8.27. The summed E-state index contributed by atoms with van der Waals surface area (Å²) in [4.78, 5) is 23.0. The lowest BCUT2D eigenvalue weighted by Crippen LogP contribution is -2.12. The van der Waals surface area contributed by atoms with Gasteiger partial charge in [0.25, 0.3) is 5.91 Å². The van der Waals surface area contributed by atoms with Crippen molar-refractivity contribution < 1.29 is 4.79 Å². The largest absolute Gasteiger partial charge is 0.397 e. The van der Waals surface area contributed by atoms with E-state index in [9.17, 15) is 4.79 Å². The molecule has 0 radical (unpaired) electrons. The predicted molar refractivity (Wildman–Crippen MR) is 108 cm³/mol. The second-order valence-corrected chi connectivity index (χ2v) is 7.34. The number of carbonyl (C=O) groups is 1. The topological polar surface area (TPSA) is 80.9 Å². The zero-order valence-electron chi connectivity index (χ0n) is 14.8. The van der Waals surface area contributed by atoms with Crippen LogP contribution in [0.5, 0.6) is 0 Å². The maximum atomic E-state index is 12.8. The van der Waals surface area contributed by atoms with Crippen molar-refractivity contribution in [2.24, 2.45) is 0 Å². The minimum absolute atomic E-state index is 0.239. The van der Waals surface area contributed by atoms with E-state index in [2.05, 4.69) is 15.3 Å². The van der Waals surface area contributed by atoms with Gasteiger partial charge in [0.2, 0.25) is 0 Å². The number of nitrogen functional groups attached to an aromatic ring is 1. The summed E-state index contributed by atoms with van der Waals surface area (Å²) in [5.74, 6) is -0.239. The zero-order valence-corrected chi connectivity index (χ0v) is 15.6. The van der Waals surface area contributed by atoms with Gasteiger partial charge in [0.1, 0.15) is 9.71 Å². The van der Waals surface area contributed by atoms with Crippen molar-refractivity contribution in [3.05, 3.63) is 58.2 Å². The molecule has 6 heteroatoms. The van der Waals surface area contributed by atoms with E-state index in [0.717, 1.165) is 37.9 Å². The van der Waals surface area contributed by atoms with Gasteiger partial charge in [-0.2, -0.15) is 0 Å². The van der Waals surface area contributed by atoms with Gasteiger partial charge in [-0.05, 0) is 44.0 Å². The van der Waals surface area contributed by atoms with Crippen LogP contribution in [0, 0.1) is 20.8 Å². The van der Waals surface area contributed by atoms with Gasteiger partial charge in [-0.15, -0.1) is 11.3 Å². The van der Waals surface area contributed by atoms with Crippen LogP contribution in [0.25, 0.3) is 21.1 Å². The average Bonchev–Trinajstić information content (AvgIpc) is 2.96. The summed E-state index contributed by atoms with van der Waals surface area (Å²) in [6, 6.07) is 9.68. The number of nitrogens with one attached hydrogen (secondary N) is 1. The Balaban J connectivity index is 1.73. The van der Waals surface area contributed by atoms with Crippen LogP contribution in [0.4, 0.5) is 11.4 Å². The number of para-hydroxylation sites is 1. The van der Waals surface area contributed by atoms with E-state index in [-0.39, 0.29) is 5.91 Å². The minimum atomic E-state index is -0.239. The average molecular weight is 362 g/mol. The maximum Gasteiger partial charge on any atom is 0.267 e. The van der Waals surface area contributed by atoms with Gasteiger partial charge >= 0.3 is 0 Å². The van der Waals surface area contributed by atoms with Crippen LogP contribution in [0.15, 0.2) is 36.5 Å². The van der Waals surface area contributed by atoms with Gasteiger partial charge in [-0.3, -0.25) is 9.78 Å². The van der Waals surface area contributed by atoms with Crippen LogP contribution in [-0.2, 0) is 0 Å². The molecule has 0 saturated heterocycles. The van der Waals surface area contributed by atoms with Crippen LogP contribution in [-0.4, -0.2) is 15.9 Å². The van der Waals surface area contributed by atoms with Crippen molar-refractivity contribution in [3.8, 4) is 0 Å². The van der Waals surface area contributed by atoms with Crippen molar-refractivity contribution >= 4 is 49.7 Å². The molecule has 0 unspecified atom stereocenters. The van der Waals surface area contributed by atoms with Crippen molar-refractivity contribution in [2.45, 2.75) is 20.8 Å². The molecule has 1 aromatic carbocycles. The fraction of sp³-hybridized carbons (Fsp3) is 0.150. The van der Waals surface area contributed by atoms with Crippen molar-refractivity contribution in [2.75, 3.05) is 11.1 Å². The number of amides is 1. The van der Waals surface area contributed by atoms with Crippen LogP contribution in [0.3, 0.4) is 0 Å². The summed E-state index contributed by atoms with van der Waals surface area (Å²) in [5.41, 5.74) is 11.5. The molecule has 0 saturated carbocycles. The lowest BCUT2D eigenvalue weighted by atomic mass is 10.1. The van der Waals surface area contributed by atoms with Gasteiger partial charge in [-0.1, -0.05) is 18.2 Å². The van der Waals surface area contributed by atoms with Crippen molar-refractivity contribution in [1.29, 1.82) is 0 Å². The standard InChI is InChI=1S/C20H18N4OS/c1-10-11(2)16-17(21)18(26-20(16)23-12(10)3)19(25)24-14-8-13-6-4-5-7-15(13)22-9-14/h4-9H,21H2,1-3H3,(H,24,25). The van der Waals surface area contributed by atoms with E-state index >= 15 is 0 Å². The third-order valence-electron chi connectivity index (χ3n) is 4.73. The first-order chi connectivity index (χ1) is 12.5. The molecule has 0 atom stereocenters. The fourth-order valence-corrected chi connectivity index (χ4v) is 4.16. The van der Waals surface area contributed by atoms with Crippen LogP contribution >= 0.6 is 11.3 Å². The molecule has 0 aliphatic carbocycles. The lowest BCUT2D eigenvalue weighted by Gasteiger charge is -2.06. The molecule has 0 bridgehead atoms. The number of nitrogens with zero attached hydrogens (tertiary/aromatic N) is 2. The first kappa shape index (κ1) is 16.5. The Labute approximate surface area is 154 Å². The van der Waals surface area contributed by atoms with Gasteiger partial charge in [0, 0.05) is 16.5 Å². The molecule has 4 aromatic rings. The number of anilines is 2. The monoisotopic (exact) mass is 362 g/mol. The molecule has 0 fully saturated rings. The molecule has 5 nitrogen and oxygen atoms in total. The molecule has 3 N–H and O–H groups in total. The van der Waals surface area contributed by atoms with Gasteiger partial charge in [0.05, 0.1) is 23.1 Å². The number of pyridine rings is 2. The number of aryl methyl sites for hydroxylation is 2. The number of hydrogen-bond donors (Lipinski definition) is 2. The first-order valence-corrected chi connectivity index (χ1v) is 9.09. The zero-order chi connectivity index (χ0) is 18.4. The van der Waals surface area contributed by atoms with E-state index in [1.165, 1.54) is 11.3 Å². The summed E-state index contributed by atoms with van der Waals surface area (Å²) in [6.07, 6.45) is 1.65. The summed E-state index contributed by atoms with van der Waals surface area (Å²) in [5, 5.41) is 4.75. The number of rotatable bonds is 2. The Hall–Kier alpha value is -2.99. The van der Waals surface area contributed by atoms with Crippen LogP contribution in [0.1, 0.15) is 26.5 Å². The van der Waals surface area contributed by atoms with Crippen LogP contribution < -0.4 is 11.1 Å². The number of fused-ring (bicyclic) bond motifs is 2. The fourth-order valence-electron chi connectivity index (χ4n) is 3.06. The highest BCUT2D eigenvalue weighted by Gasteiger charge is 2.20. The van der Waals surface area contributed by atoms with Gasteiger partial charge in [0.15, 0.2) is 0 Å². The molecule has 3 aromatic heterocycles. The molecule has 26 heavy (non-hydrogen) atoms. The highest BCUT2D eigenvalue weighted by atomic mass is 32.1. The maximum absolute atomic E-state index is 12.8. The Morgan fingerprint density at radius 3 is 2.73 bits per heavy atom. The quantitative estimate of drug-likeness (QED) is 0.546. The predicted octanol–water partition coefficient (Wildman–Crippen LogP) is 4.60. The SMILES string of the molecule is Cc1nc2sc(C(=O)Nc3cnc4ccccc4c3)c(N)c2c(C)c1C. The number of aromatic nitrogens is 2. The number of benzene rings is 1. The molecule has 4 rings (SSSR count). The van der Waals surface area contributed by atoms with E-state index < -0.39 is 0 Å². The summed E-state index contributed by atoms with van der Waals surface area (Å²) in [7, 11) is 0. The normalized spacial score (nSPS) is 11.2. The third kappa shape index (κ3) is 2.59. The summed E-state index contributed by atoms with van der Waals surface area (Å²) < 4.78 is 0. The van der Waals surface area contributed by atoms with Crippen molar-refractivity contribution in [1.82, 2.24) is 9.97 Å². The highest BCUT2D eigenvalue weighted by molar-refractivity contribution is 7.21. The molecular weight excluding hydrogens is 344 g/mol. The molecule has 0 aliphatic rings. The third-order valence-corrected chi connectivity index (χ3v) is 5.83. The molecule has 3 heterocycles.